The Bertz CT molecular complexity index is 871. The predicted octanol–water partition coefficient (Wildman–Crippen LogP) is 3.56. The van der Waals surface area contributed by atoms with Gasteiger partial charge in [-0.3, -0.25) is 10.1 Å². The second-order valence-corrected chi connectivity index (χ2v) is 8.32. The number of alkyl halides is 2. The SMILES string of the molecule is Cc1ccc(S(=O)(=O)N[C@H](c2ccc(F)cc2)C(Cl)(Cl)[N+](=O)[O-])cc1. The minimum atomic E-state index is -4.17. The predicted molar refractivity (Wildman–Crippen MR) is 92.1 cm³/mol. The lowest BCUT2D eigenvalue weighted by Crippen LogP contribution is -2.43. The molecule has 2 rings (SSSR count). The van der Waals surface area contributed by atoms with Gasteiger partial charge in [0.25, 0.3) is 0 Å². The molecule has 0 radical (unpaired) electrons. The Kier molecular flexibility index (Phi) is 5.68. The van der Waals surface area contributed by atoms with Gasteiger partial charge in [0.2, 0.25) is 10.0 Å². The standard InChI is InChI=1S/C15H13Cl2FN2O4S/c1-10-2-8-13(9-3-10)25(23,24)19-14(15(16,17)20(21)22)11-4-6-12(18)7-5-11/h2-9,14,19H,1H3/t14-/m1/s1. The maximum absolute atomic E-state index is 13.1. The third-order valence-electron chi connectivity index (χ3n) is 3.40. The Hall–Kier alpha value is -1.74. The van der Waals surface area contributed by atoms with Gasteiger partial charge in [-0.05, 0) is 60.0 Å². The van der Waals surface area contributed by atoms with Crippen molar-refractivity contribution in [2.45, 2.75) is 22.3 Å². The van der Waals surface area contributed by atoms with Crippen molar-refractivity contribution in [2.24, 2.45) is 0 Å². The van der Waals surface area contributed by atoms with E-state index < -0.39 is 31.3 Å². The zero-order valence-electron chi connectivity index (χ0n) is 12.8. The number of nitrogens with zero attached hydrogens (tertiary/aromatic N) is 1. The highest BCUT2D eigenvalue weighted by Gasteiger charge is 2.50. The summed E-state index contributed by atoms with van der Waals surface area (Å²) in [5.41, 5.74) is 0.877. The van der Waals surface area contributed by atoms with E-state index in [1.807, 2.05) is 0 Å². The van der Waals surface area contributed by atoms with Crippen LogP contribution in [0.3, 0.4) is 0 Å². The zero-order valence-corrected chi connectivity index (χ0v) is 15.1. The van der Waals surface area contributed by atoms with Crippen LogP contribution in [0, 0.1) is 22.9 Å². The molecule has 0 saturated carbocycles. The Balaban J connectivity index is 2.47. The second-order valence-electron chi connectivity index (χ2n) is 5.26. The summed E-state index contributed by atoms with van der Waals surface area (Å²) in [6.45, 7) is 1.78. The fraction of sp³-hybridized carbons (Fsp3) is 0.200. The largest absolute Gasteiger partial charge is 0.390 e. The van der Waals surface area contributed by atoms with Crippen molar-refractivity contribution in [1.29, 1.82) is 0 Å². The van der Waals surface area contributed by atoms with Gasteiger partial charge in [-0.2, -0.15) is 4.72 Å². The van der Waals surface area contributed by atoms with Crippen LogP contribution in [0.4, 0.5) is 4.39 Å². The Morgan fingerprint density at radius 2 is 1.64 bits per heavy atom. The van der Waals surface area contributed by atoms with Crippen LogP contribution in [0.2, 0.25) is 0 Å². The highest BCUT2D eigenvalue weighted by molar-refractivity contribution is 7.89. The molecule has 0 aliphatic heterocycles. The fourth-order valence-corrected chi connectivity index (χ4v) is 3.78. The van der Waals surface area contributed by atoms with E-state index in [0.717, 1.165) is 17.7 Å². The summed E-state index contributed by atoms with van der Waals surface area (Å²) in [5, 5.41) is 11.2. The monoisotopic (exact) mass is 406 g/mol. The molecule has 10 heteroatoms. The van der Waals surface area contributed by atoms with E-state index in [-0.39, 0.29) is 10.5 Å². The van der Waals surface area contributed by atoms with Gasteiger partial charge in [-0.25, -0.2) is 12.8 Å². The molecule has 6 nitrogen and oxygen atoms in total. The average Bonchev–Trinajstić information content (AvgIpc) is 2.54. The first-order valence-electron chi connectivity index (χ1n) is 6.91. The molecule has 1 atom stereocenters. The number of rotatable bonds is 6. The number of hydrogen-bond donors (Lipinski definition) is 1. The first-order valence-corrected chi connectivity index (χ1v) is 9.15. The average molecular weight is 407 g/mol. The molecule has 2 aromatic rings. The van der Waals surface area contributed by atoms with E-state index in [1.54, 1.807) is 19.1 Å². The summed E-state index contributed by atoms with van der Waals surface area (Å²) in [7, 11) is -4.17. The molecule has 0 aliphatic carbocycles. The van der Waals surface area contributed by atoms with Crippen molar-refractivity contribution >= 4 is 33.2 Å². The molecule has 0 heterocycles. The Morgan fingerprint density at radius 1 is 1.12 bits per heavy atom. The van der Waals surface area contributed by atoms with E-state index in [1.165, 1.54) is 24.3 Å². The zero-order chi connectivity index (χ0) is 18.8. The lowest BCUT2D eigenvalue weighted by Gasteiger charge is -2.24. The summed E-state index contributed by atoms with van der Waals surface area (Å²) in [6, 6.07) is 8.57. The highest BCUT2D eigenvalue weighted by atomic mass is 35.5. The lowest BCUT2D eigenvalue weighted by molar-refractivity contribution is -0.520. The van der Waals surface area contributed by atoms with Gasteiger partial charge < -0.3 is 0 Å². The van der Waals surface area contributed by atoms with Crippen LogP contribution >= 0.6 is 23.2 Å². The number of sulfonamides is 1. The molecule has 0 aromatic heterocycles. The molecule has 25 heavy (non-hydrogen) atoms. The van der Waals surface area contributed by atoms with E-state index >= 15 is 0 Å². The Morgan fingerprint density at radius 3 is 2.12 bits per heavy atom. The summed E-state index contributed by atoms with van der Waals surface area (Å²) in [5.74, 6) is -0.597. The van der Waals surface area contributed by atoms with Gasteiger partial charge in [-0.1, -0.05) is 29.8 Å². The topological polar surface area (TPSA) is 89.3 Å². The number of halogens is 3. The lowest BCUT2D eigenvalue weighted by atomic mass is 10.1. The molecule has 0 saturated heterocycles. The van der Waals surface area contributed by atoms with Crippen LogP contribution in [0.5, 0.6) is 0 Å². The molecule has 134 valence electrons. The van der Waals surface area contributed by atoms with Crippen LogP contribution < -0.4 is 4.72 Å². The summed E-state index contributed by atoms with van der Waals surface area (Å²) < 4.78 is 37.6. The van der Waals surface area contributed by atoms with Crippen LogP contribution in [0.25, 0.3) is 0 Å². The van der Waals surface area contributed by atoms with Gasteiger partial charge >= 0.3 is 4.46 Å². The van der Waals surface area contributed by atoms with Gasteiger partial charge in [0.05, 0.1) is 9.82 Å². The maximum Gasteiger partial charge on any atom is 0.390 e. The van der Waals surface area contributed by atoms with E-state index in [2.05, 4.69) is 4.72 Å². The first kappa shape index (κ1) is 19.6. The number of hydrogen-bond acceptors (Lipinski definition) is 4. The maximum atomic E-state index is 13.1. The minimum absolute atomic E-state index is 0.0405. The third-order valence-corrected chi connectivity index (χ3v) is 5.55. The second kappa shape index (κ2) is 7.25. The van der Waals surface area contributed by atoms with Crippen molar-refractivity contribution in [3.63, 3.8) is 0 Å². The van der Waals surface area contributed by atoms with Gasteiger partial charge in [0.1, 0.15) is 11.9 Å². The summed E-state index contributed by atoms with van der Waals surface area (Å²) in [4.78, 5) is 10.1. The number of nitrogens with one attached hydrogen (secondary N) is 1. The van der Waals surface area contributed by atoms with Crippen molar-refractivity contribution in [2.75, 3.05) is 0 Å². The quantitative estimate of drug-likeness (QED) is 0.343. The molecular formula is C15H13Cl2FN2O4S. The fourth-order valence-electron chi connectivity index (χ4n) is 2.04. The van der Waals surface area contributed by atoms with Crippen LogP contribution in [0.1, 0.15) is 17.2 Å². The van der Waals surface area contributed by atoms with E-state index in [9.17, 15) is 22.9 Å². The first-order chi connectivity index (χ1) is 11.5. The number of nitro groups is 1. The van der Waals surface area contributed by atoms with Gasteiger partial charge in [-0.15, -0.1) is 0 Å². The van der Waals surface area contributed by atoms with E-state index in [0.29, 0.717) is 0 Å². The van der Waals surface area contributed by atoms with Crippen LogP contribution in [-0.2, 0) is 10.0 Å². The molecule has 2 aromatic carbocycles. The molecule has 1 N–H and O–H groups in total. The normalized spacial score (nSPS) is 13.4. The van der Waals surface area contributed by atoms with Crippen molar-refractivity contribution in [1.82, 2.24) is 4.72 Å². The molecular weight excluding hydrogens is 394 g/mol. The van der Waals surface area contributed by atoms with Crippen LogP contribution in [-0.4, -0.2) is 17.8 Å². The van der Waals surface area contributed by atoms with Crippen LogP contribution in [0.15, 0.2) is 53.4 Å². The minimum Gasteiger partial charge on any atom is -0.261 e. The van der Waals surface area contributed by atoms with Crippen molar-refractivity contribution in [3.8, 4) is 0 Å². The molecule has 0 amide bonds. The number of benzene rings is 2. The highest BCUT2D eigenvalue weighted by Crippen LogP contribution is 2.37. The smallest absolute Gasteiger partial charge is 0.261 e. The summed E-state index contributed by atoms with van der Waals surface area (Å²) >= 11 is 11.6. The molecule has 0 unspecified atom stereocenters. The molecule has 0 aliphatic rings. The summed E-state index contributed by atoms with van der Waals surface area (Å²) in [6.07, 6.45) is 0. The third kappa shape index (κ3) is 4.46. The molecule has 0 fully saturated rings. The Labute approximate surface area is 153 Å². The number of aryl methyl sites for hydroxylation is 1. The van der Waals surface area contributed by atoms with Crippen molar-refractivity contribution < 1.29 is 17.7 Å². The molecule has 0 spiro atoms. The molecule has 0 bridgehead atoms. The van der Waals surface area contributed by atoms with Crippen molar-refractivity contribution in [3.05, 3.63) is 75.6 Å². The van der Waals surface area contributed by atoms with Gasteiger partial charge in [0, 0.05) is 0 Å². The van der Waals surface area contributed by atoms with Gasteiger partial charge in [0.15, 0.2) is 0 Å². The van der Waals surface area contributed by atoms with E-state index in [4.69, 9.17) is 23.2 Å².